The highest BCUT2D eigenvalue weighted by atomic mass is 16.5. The molecule has 3 rings (SSSR count). The van der Waals surface area contributed by atoms with E-state index in [0.717, 1.165) is 25.4 Å². The molecule has 21 heavy (non-hydrogen) atoms. The first kappa shape index (κ1) is 14.3. The fourth-order valence-electron chi connectivity index (χ4n) is 2.67. The van der Waals surface area contributed by atoms with Gasteiger partial charge in [-0.15, -0.1) is 0 Å². The number of benzene rings is 1. The van der Waals surface area contributed by atoms with Crippen LogP contribution in [-0.2, 0) is 11.3 Å². The number of nitrogens with zero attached hydrogens (tertiary/aromatic N) is 2. The molecule has 1 aliphatic rings. The highest BCUT2D eigenvalue weighted by Gasteiger charge is 2.41. The van der Waals surface area contributed by atoms with E-state index in [4.69, 9.17) is 4.74 Å². The maximum absolute atomic E-state index is 5.19. The third-order valence-electron chi connectivity index (χ3n) is 4.33. The summed E-state index contributed by atoms with van der Waals surface area (Å²) in [6, 6.07) is 10.5. The standard InChI is InChI=1S/C17H23N3O/c1-21-12-9-17(7-8-17)14-18-13-15-3-5-16(6-4-15)20-11-2-10-19-20/h2-6,10-11,18H,7-9,12-14H2,1H3. The predicted molar refractivity (Wildman–Crippen MR) is 83.4 cm³/mol. The number of hydrogen-bond acceptors (Lipinski definition) is 3. The zero-order chi connectivity index (χ0) is 14.5. The Labute approximate surface area is 126 Å². The van der Waals surface area contributed by atoms with E-state index in [1.54, 1.807) is 13.3 Å². The monoisotopic (exact) mass is 285 g/mol. The first-order valence-corrected chi connectivity index (χ1v) is 7.60. The molecular formula is C17H23N3O. The SMILES string of the molecule is COCCC1(CNCc2ccc(-n3cccn3)cc2)CC1. The van der Waals surface area contributed by atoms with Gasteiger partial charge >= 0.3 is 0 Å². The molecule has 1 aromatic heterocycles. The molecule has 0 spiro atoms. The van der Waals surface area contributed by atoms with Crippen LogP contribution in [0, 0.1) is 5.41 Å². The minimum absolute atomic E-state index is 0.505. The zero-order valence-electron chi connectivity index (χ0n) is 12.6. The highest BCUT2D eigenvalue weighted by Crippen LogP contribution is 2.48. The van der Waals surface area contributed by atoms with Crippen molar-refractivity contribution in [2.24, 2.45) is 5.41 Å². The number of aromatic nitrogens is 2. The first-order valence-electron chi connectivity index (χ1n) is 7.60. The summed E-state index contributed by atoms with van der Waals surface area (Å²) in [5, 5.41) is 7.83. The van der Waals surface area contributed by atoms with Crippen LogP contribution in [0.1, 0.15) is 24.8 Å². The lowest BCUT2D eigenvalue weighted by atomic mass is 10.0. The molecule has 1 saturated carbocycles. The summed E-state index contributed by atoms with van der Waals surface area (Å²) in [5.74, 6) is 0. The second-order valence-corrected chi connectivity index (χ2v) is 5.96. The summed E-state index contributed by atoms with van der Waals surface area (Å²) in [6.07, 6.45) is 7.60. The molecular weight excluding hydrogens is 262 g/mol. The third kappa shape index (κ3) is 3.71. The molecule has 0 atom stereocenters. The number of ether oxygens (including phenoxy) is 1. The summed E-state index contributed by atoms with van der Waals surface area (Å²) < 4.78 is 7.07. The van der Waals surface area contributed by atoms with Gasteiger partial charge in [-0.3, -0.25) is 0 Å². The van der Waals surface area contributed by atoms with E-state index >= 15 is 0 Å². The number of rotatable bonds is 8. The Morgan fingerprint density at radius 3 is 2.71 bits per heavy atom. The van der Waals surface area contributed by atoms with Gasteiger partial charge in [0.1, 0.15) is 0 Å². The topological polar surface area (TPSA) is 39.1 Å². The maximum atomic E-state index is 5.19. The van der Waals surface area contributed by atoms with Crippen LogP contribution in [0.2, 0.25) is 0 Å². The molecule has 0 unspecified atom stereocenters. The molecule has 4 heteroatoms. The minimum atomic E-state index is 0.505. The van der Waals surface area contributed by atoms with E-state index in [0.29, 0.717) is 5.41 Å². The van der Waals surface area contributed by atoms with E-state index in [1.165, 1.54) is 24.8 Å². The maximum Gasteiger partial charge on any atom is 0.0645 e. The van der Waals surface area contributed by atoms with Crippen molar-refractivity contribution in [2.45, 2.75) is 25.8 Å². The number of methoxy groups -OCH3 is 1. The fourth-order valence-corrected chi connectivity index (χ4v) is 2.67. The van der Waals surface area contributed by atoms with Gasteiger partial charge in [0.05, 0.1) is 5.69 Å². The lowest BCUT2D eigenvalue weighted by molar-refractivity contribution is 0.171. The second-order valence-electron chi connectivity index (χ2n) is 5.96. The summed E-state index contributed by atoms with van der Waals surface area (Å²) in [5.41, 5.74) is 2.92. The summed E-state index contributed by atoms with van der Waals surface area (Å²) in [4.78, 5) is 0. The molecule has 0 bridgehead atoms. The van der Waals surface area contributed by atoms with E-state index in [9.17, 15) is 0 Å². The van der Waals surface area contributed by atoms with Gasteiger partial charge in [-0.2, -0.15) is 5.10 Å². The van der Waals surface area contributed by atoms with Crippen LogP contribution in [0.3, 0.4) is 0 Å². The molecule has 1 heterocycles. The lowest BCUT2D eigenvalue weighted by Crippen LogP contribution is -2.24. The average molecular weight is 285 g/mol. The van der Waals surface area contributed by atoms with Crippen molar-refractivity contribution in [2.75, 3.05) is 20.3 Å². The number of nitrogens with one attached hydrogen (secondary N) is 1. The number of hydrogen-bond donors (Lipinski definition) is 1. The molecule has 1 aliphatic carbocycles. The second kappa shape index (κ2) is 6.41. The van der Waals surface area contributed by atoms with Crippen molar-refractivity contribution in [3.05, 3.63) is 48.3 Å². The van der Waals surface area contributed by atoms with Crippen molar-refractivity contribution in [3.8, 4) is 5.69 Å². The van der Waals surface area contributed by atoms with Gasteiger partial charge in [-0.05, 0) is 48.4 Å². The summed E-state index contributed by atoms with van der Waals surface area (Å²) in [7, 11) is 1.78. The van der Waals surface area contributed by atoms with Crippen molar-refractivity contribution >= 4 is 0 Å². The van der Waals surface area contributed by atoms with E-state index in [-0.39, 0.29) is 0 Å². The average Bonchev–Trinajstić information content (AvgIpc) is 3.07. The highest BCUT2D eigenvalue weighted by molar-refractivity contribution is 5.33. The molecule has 4 nitrogen and oxygen atoms in total. The predicted octanol–water partition coefficient (Wildman–Crippen LogP) is 2.78. The Balaban J connectivity index is 1.48. The zero-order valence-corrected chi connectivity index (χ0v) is 12.6. The van der Waals surface area contributed by atoms with Crippen LogP contribution in [0.25, 0.3) is 5.69 Å². The Morgan fingerprint density at radius 2 is 2.10 bits per heavy atom. The first-order chi connectivity index (χ1) is 10.3. The van der Waals surface area contributed by atoms with Gasteiger partial charge in [-0.1, -0.05) is 12.1 Å². The van der Waals surface area contributed by atoms with E-state index < -0.39 is 0 Å². The van der Waals surface area contributed by atoms with Crippen LogP contribution in [0.5, 0.6) is 0 Å². The van der Waals surface area contributed by atoms with Crippen LogP contribution < -0.4 is 5.32 Å². The molecule has 1 fully saturated rings. The van der Waals surface area contributed by atoms with Crippen LogP contribution in [0.4, 0.5) is 0 Å². The smallest absolute Gasteiger partial charge is 0.0645 e. The van der Waals surface area contributed by atoms with Crippen molar-refractivity contribution < 1.29 is 4.74 Å². The largest absolute Gasteiger partial charge is 0.385 e. The van der Waals surface area contributed by atoms with Gasteiger partial charge in [0.25, 0.3) is 0 Å². The van der Waals surface area contributed by atoms with E-state index in [1.807, 2.05) is 16.9 Å². The molecule has 1 aromatic carbocycles. The summed E-state index contributed by atoms with van der Waals surface area (Å²) >= 11 is 0. The fraction of sp³-hybridized carbons (Fsp3) is 0.471. The van der Waals surface area contributed by atoms with Crippen LogP contribution >= 0.6 is 0 Å². The molecule has 1 N–H and O–H groups in total. The lowest BCUT2D eigenvalue weighted by Gasteiger charge is -2.15. The minimum Gasteiger partial charge on any atom is -0.385 e. The van der Waals surface area contributed by atoms with Gasteiger partial charge in [0.2, 0.25) is 0 Å². The molecule has 2 aromatic rings. The Bertz CT molecular complexity index is 544. The molecule has 0 radical (unpaired) electrons. The molecule has 0 amide bonds. The summed E-state index contributed by atoms with van der Waals surface area (Å²) in [6.45, 7) is 2.89. The molecule has 112 valence electrons. The van der Waals surface area contributed by atoms with Crippen molar-refractivity contribution in [3.63, 3.8) is 0 Å². The normalized spacial score (nSPS) is 16.0. The van der Waals surface area contributed by atoms with Crippen molar-refractivity contribution in [1.82, 2.24) is 15.1 Å². The van der Waals surface area contributed by atoms with Gasteiger partial charge in [0.15, 0.2) is 0 Å². The molecule has 0 saturated heterocycles. The van der Waals surface area contributed by atoms with E-state index in [2.05, 4.69) is 34.7 Å². The van der Waals surface area contributed by atoms with Gasteiger partial charge in [-0.25, -0.2) is 4.68 Å². The van der Waals surface area contributed by atoms with Gasteiger partial charge < -0.3 is 10.1 Å². The van der Waals surface area contributed by atoms with Gasteiger partial charge in [0, 0.05) is 39.2 Å². The molecule has 0 aliphatic heterocycles. The third-order valence-corrected chi connectivity index (χ3v) is 4.33. The Morgan fingerprint density at radius 1 is 1.29 bits per heavy atom. The van der Waals surface area contributed by atoms with Crippen LogP contribution in [0.15, 0.2) is 42.7 Å². The Hall–Kier alpha value is -1.65. The quantitative estimate of drug-likeness (QED) is 0.810. The van der Waals surface area contributed by atoms with Crippen LogP contribution in [-0.4, -0.2) is 30.0 Å². The Kier molecular flexibility index (Phi) is 4.36. The van der Waals surface area contributed by atoms with Crippen molar-refractivity contribution in [1.29, 1.82) is 0 Å².